The Labute approximate surface area is 137 Å². The van der Waals surface area contributed by atoms with E-state index in [1.165, 1.54) is 30.5 Å². The summed E-state index contributed by atoms with van der Waals surface area (Å²) in [6.45, 7) is 0.128. The lowest BCUT2D eigenvalue weighted by Gasteiger charge is -2.31. The molecule has 0 spiro atoms. The van der Waals surface area contributed by atoms with E-state index in [2.05, 4.69) is 20.8 Å². The number of rotatable bonds is 5. The average Bonchev–Trinajstić information content (AvgIpc) is 3.03. The van der Waals surface area contributed by atoms with Gasteiger partial charge in [0.15, 0.2) is 0 Å². The van der Waals surface area contributed by atoms with Crippen LogP contribution in [0.15, 0.2) is 6.20 Å². The van der Waals surface area contributed by atoms with Crippen LogP contribution in [0.25, 0.3) is 0 Å². The van der Waals surface area contributed by atoms with Crippen molar-refractivity contribution in [3.63, 3.8) is 0 Å². The Morgan fingerprint density at radius 2 is 2.17 bits per heavy atom. The Kier molecular flexibility index (Phi) is 5.54. The summed E-state index contributed by atoms with van der Waals surface area (Å²) in [6, 6.07) is 0.167. The van der Waals surface area contributed by atoms with E-state index in [1.54, 1.807) is 0 Å². The number of aliphatic hydroxyl groups excluding tert-OH is 1. The first kappa shape index (κ1) is 16.3. The van der Waals surface area contributed by atoms with Crippen LogP contribution in [0.1, 0.15) is 56.2 Å². The van der Waals surface area contributed by atoms with Gasteiger partial charge in [0.1, 0.15) is 0 Å². The second-order valence-corrected chi connectivity index (χ2v) is 6.95. The molecular formula is C17H28N4O2. The summed E-state index contributed by atoms with van der Waals surface area (Å²) in [5, 5.41) is 22.6. The third-order valence-electron chi connectivity index (χ3n) is 5.33. The molecule has 2 aliphatic carbocycles. The molecule has 1 saturated carbocycles. The molecule has 1 fully saturated rings. The Hall–Kier alpha value is -1.56. The topological polar surface area (TPSA) is 90.0 Å². The highest BCUT2D eigenvalue weighted by atomic mass is 16.3. The molecule has 0 bridgehead atoms. The van der Waals surface area contributed by atoms with Gasteiger partial charge in [-0.05, 0) is 50.0 Å². The maximum Gasteiger partial charge on any atom is 0.315 e. The predicted octanol–water partition coefficient (Wildman–Crippen LogP) is 1.90. The maximum absolute atomic E-state index is 12.4. The molecule has 2 aliphatic rings. The number of urea groups is 1. The number of H-pyrrole nitrogens is 1. The Morgan fingerprint density at radius 3 is 2.96 bits per heavy atom. The SMILES string of the molecule is O=C(NC1CCc2[nH]ncc2C1)NC(CCO)C1CCCCC1. The van der Waals surface area contributed by atoms with Gasteiger partial charge in [-0.3, -0.25) is 5.10 Å². The molecule has 3 rings (SSSR count). The van der Waals surface area contributed by atoms with Crippen molar-refractivity contribution in [1.29, 1.82) is 0 Å². The van der Waals surface area contributed by atoms with Crippen LogP contribution in [0.2, 0.25) is 0 Å². The minimum Gasteiger partial charge on any atom is -0.396 e. The van der Waals surface area contributed by atoms with Gasteiger partial charge >= 0.3 is 6.03 Å². The molecule has 0 aliphatic heterocycles. The zero-order chi connectivity index (χ0) is 16.1. The summed E-state index contributed by atoms with van der Waals surface area (Å²) in [6.07, 6.45) is 11.3. The van der Waals surface area contributed by atoms with E-state index in [0.29, 0.717) is 12.3 Å². The van der Waals surface area contributed by atoms with Crippen LogP contribution in [-0.4, -0.2) is 40.0 Å². The molecule has 0 saturated heterocycles. The molecule has 1 aromatic heterocycles. The molecule has 1 heterocycles. The Balaban J connectivity index is 1.50. The first-order chi connectivity index (χ1) is 11.3. The largest absolute Gasteiger partial charge is 0.396 e. The molecule has 0 radical (unpaired) electrons. The van der Waals surface area contributed by atoms with Crippen LogP contribution in [0.4, 0.5) is 4.79 Å². The van der Waals surface area contributed by atoms with Gasteiger partial charge in [0.2, 0.25) is 0 Å². The fraction of sp³-hybridized carbons (Fsp3) is 0.765. The first-order valence-corrected chi connectivity index (χ1v) is 8.95. The number of carbonyl (C=O) groups excluding carboxylic acids is 1. The molecule has 6 heteroatoms. The standard InChI is InChI=1S/C17H28N4O2/c22-9-8-15(12-4-2-1-3-5-12)20-17(23)19-14-6-7-16-13(10-14)11-18-21-16/h11-12,14-15,22H,1-10H2,(H,18,21)(H2,19,20,23). The monoisotopic (exact) mass is 320 g/mol. The first-order valence-electron chi connectivity index (χ1n) is 8.95. The van der Waals surface area contributed by atoms with Gasteiger partial charge in [0.25, 0.3) is 0 Å². The van der Waals surface area contributed by atoms with Gasteiger partial charge in [0.05, 0.1) is 6.20 Å². The van der Waals surface area contributed by atoms with Gasteiger partial charge in [-0.15, -0.1) is 0 Å². The number of aromatic amines is 1. The number of aliphatic hydroxyl groups is 1. The van der Waals surface area contributed by atoms with E-state index in [-0.39, 0.29) is 24.7 Å². The molecule has 6 nitrogen and oxygen atoms in total. The van der Waals surface area contributed by atoms with Gasteiger partial charge in [0, 0.05) is 24.4 Å². The van der Waals surface area contributed by atoms with E-state index < -0.39 is 0 Å². The second kappa shape index (κ2) is 7.81. The van der Waals surface area contributed by atoms with Crippen LogP contribution in [0.3, 0.4) is 0 Å². The summed E-state index contributed by atoms with van der Waals surface area (Å²) in [7, 11) is 0. The smallest absolute Gasteiger partial charge is 0.315 e. The molecule has 128 valence electrons. The van der Waals surface area contributed by atoms with Crippen LogP contribution in [0.5, 0.6) is 0 Å². The Bertz CT molecular complexity index is 510. The van der Waals surface area contributed by atoms with Crippen LogP contribution in [-0.2, 0) is 12.8 Å². The fourth-order valence-electron chi connectivity index (χ4n) is 4.04. The van der Waals surface area contributed by atoms with Gasteiger partial charge in [-0.2, -0.15) is 5.10 Å². The van der Waals surface area contributed by atoms with Crippen molar-refractivity contribution in [2.75, 3.05) is 6.61 Å². The molecule has 0 aromatic carbocycles. The highest BCUT2D eigenvalue weighted by Crippen LogP contribution is 2.27. The number of fused-ring (bicyclic) bond motifs is 1. The normalized spacial score (nSPS) is 23.1. The van der Waals surface area contributed by atoms with Crippen molar-refractivity contribution in [1.82, 2.24) is 20.8 Å². The van der Waals surface area contributed by atoms with Gasteiger partial charge < -0.3 is 15.7 Å². The number of nitrogens with zero attached hydrogens (tertiary/aromatic N) is 1. The van der Waals surface area contributed by atoms with E-state index in [1.807, 2.05) is 6.20 Å². The molecule has 2 amide bonds. The van der Waals surface area contributed by atoms with Crippen molar-refractivity contribution in [3.05, 3.63) is 17.5 Å². The van der Waals surface area contributed by atoms with Gasteiger partial charge in [-0.1, -0.05) is 19.3 Å². The van der Waals surface area contributed by atoms with Crippen molar-refractivity contribution in [2.24, 2.45) is 5.92 Å². The summed E-state index contributed by atoms with van der Waals surface area (Å²) >= 11 is 0. The van der Waals surface area contributed by atoms with Crippen molar-refractivity contribution in [3.8, 4) is 0 Å². The number of aromatic nitrogens is 2. The number of carbonyl (C=O) groups is 1. The highest BCUT2D eigenvalue weighted by Gasteiger charge is 2.26. The summed E-state index contributed by atoms with van der Waals surface area (Å²) in [4.78, 5) is 12.4. The average molecular weight is 320 g/mol. The molecule has 2 atom stereocenters. The highest BCUT2D eigenvalue weighted by molar-refractivity contribution is 5.74. The molecule has 1 aromatic rings. The fourth-order valence-corrected chi connectivity index (χ4v) is 4.04. The van der Waals surface area contributed by atoms with Crippen LogP contribution >= 0.6 is 0 Å². The van der Waals surface area contributed by atoms with E-state index in [0.717, 1.165) is 32.1 Å². The van der Waals surface area contributed by atoms with Crippen molar-refractivity contribution >= 4 is 6.03 Å². The minimum absolute atomic E-state index is 0.0911. The molecule has 23 heavy (non-hydrogen) atoms. The number of hydrogen-bond donors (Lipinski definition) is 4. The van der Waals surface area contributed by atoms with Gasteiger partial charge in [-0.25, -0.2) is 4.79 Å². The third-order valence-corrected chi connectivity index (χ3v) is 5.33. The summed E-state index contributed by atoms with van der Waals surface area (Å²) < 4.78 is 0. The maximum atomic E-state index is 12.4. The van der Waals surface area contributed by atoms with E-state index in [9.17, 15) is 9.90 Å². The lowest BCUT2D eigenvalue weighted by Crippen LogP contribution is -2.50. The van der Waals surface area contributed by atoms with Crippen LogP contribution in [0, 0.1) is 5.92 Å². The zero-order valence-corrected chi connectivity index (χ0v) is 13.7. The number of hydrogen-bond acceptors (Lipinski definition) is 3. The quantitative estimate of drug-likeness (QED) is 0.668. The van der Waals surface area contributed by atoms with Crippen molar-refractivity contribution in [2.45, 2.75) is 69.9 Å². The minimum atomic E-state index is -0.0917. The molecule has 2 unspecified atom stereocenters. The summed E-state index contributed by atoms with van der Waals surface area (Å²) in [5.74, 6) is 0.508. The predicted molar refractivity (Wildman–Crippen MR) is 88.1 cm³/mol. The summed E-state index contributed by atoms with van der Waals surface area (Å²) in [5.41, 5.74) is 2.41. The number of aryl methyl sites for hydroxylation is 1. The lowest BCUT2D eigenvalue weighted by molar-refractivity contribution is 0.194. The van der Waals surface area contributed by atoms with Crippen molar-refractivity contribution < 1.29 is 9.90 Å². The molecular weight excluding hydrogens is 292 g/mol. The second-order valence-electron chi connectivity index (χ2n) is 6.95. The Morgan fingerprint density at radius 1 is 1.35 bits per heavy atom. The zero-order valence-electron chi connectivity index (χ0n) is 13.7. The van der Waals surface area contributed by atoms with E-state index in [4.69, 9.17) is 0 Å². The number of amides is 2. The lowest BCUT2D eigenvalue weighted by atomic mass is 9.83. The third kappa shape index (κ3) is 4.25. The van der Waals surface area contributed by atoms with Crippen LogP contribution < -0.4 is 10.6 Å². The molecule has 4 N–H and O–H groups in total. The number of nitrogens with one attached hydrogen (secondary N) is 3. The van der Waals surface area contributed by atoms with E-state index >= 15 is 0 Å².